The van der Waals surface area contributed by atoms with Gasteiger partial charge < -0.3 is 24.8 Å². The third-order valence-corrected chi connectivity index (χ3v) is 8.08. The minimum atomic E-state index is -1.19. The van der Waals surface area contributed by atoms with Crippen LogP contribution in [-0.2, 0) is 15.1 Å². The van der Waals surface area contributed by atoms with Crippen LogP contribution in [0.2, 0.25) is 0 Å². The fourth-order valence-electron chi connectivity index (χ4n) is 6.12. The van der Waals surface area contributed by atoms with Gasteiger partial charge in [0.1, 0.15) is 17.3 Å². The molecule has 3 atom stereocenters. The van der Waals surface area contributed by atoms with E-state index in [0.717, 1.165) is 45.2 Å². The lowest BCUT2D eigenvalue weighted by Gasteiger charge is -2.43. The van der Waals surface area contributed by atoms with Gasteiger partial charge in [-0.15, -0.1) is 0 Å². The van der Waals surface area contributed by atoms with Gasteiger partial charge in [-0.3, -0.25) is 4.79 Å². The maximum atomic E-state index is 13.7. The molecule has 7 heteroatoms. The zero-order valence-electron chi connectivity index (χ0n) is 25.0. The van der Waals surface area contributed by atoms with Gasteiger partial charge in [-0.05, 0) is 101 Å². The summed E-state index contributed by atoms with van der Waals surface area (Å²) in [5.74, 6) is 1.64. The number of methoxy groups -OCH3 is 1. The monoisotopic (exact) mass is 556 g/mol. The van der Waals surface area contributed by atoms with Crippen LogP contribution in [0.25, 0.3) is 0 Å². The van der Waals surface area contributed by atoms with E-state index in [4.69, 9.17) is 9.47 Å². The Balaban J connectivity index is 1.88. The number of rotatable bonds is 15. The van der Waals surface area contributed by atoms with Crippen molar-refractivity contribution in [2.75, 3.05) is 40.4 Å². The van der Waals surface area contributed by atoms with Crippen molar-refractivity contribution >= 4 is 5.91 Å². The number of aryl methyl sites for hydroxylation is 1. The van der Waals surface area contributed by atoms with E-state index in [2.05, 4.69) is 19.2 Å². The summed E-state index contributed by atoms with van der Waals surface area (Å²) in [6, 6.07) is 12.0. The lowest BCUT2D eigenvalue weighted by molar-refractivity contribution is -0.138. The fourth-order valence-corrected chi connectivity index (χ4v) is 6.12. The van der Waals surface area contributed by atoms with E-state index in [1.54, 1.807) is 13.2 Å². The van der Waals surface area contributed by atoms with Crippen LogP contribution in [0.1, 0.15) is 69.9 Å². The largest absolute Gasteiger partial charge is 0.457 e. The first-order valence-electron chi connectivity index (χ1n) is 14.8. The van der Waals surface area contributed by atoms with Crippen LogP contribution in [-0.4, -0.2) is 56.3 Å². The summed E-state index contributed by atoms with van der Waals surface area (Å²) in [4.78, 5) is 15.5. The maximum absolute atomic E-state index is 13.7. The number of halogens is 1. The number of aliphatic hydroxyl groups is 1. The lowest BCUT2D eigenvalue weighted by atomic mass is 9.73. The Morgan fingerprint density at radius 1 is 1.20 bits per heavy atom. The van der Waals surface area contributed by atoms with Crippen molar-refractivity contribution in [2.45, 2.75) is 71.3 Å². The van der Waals surface area contributed by atoms with Crippen molar-refractivity contribution in [3.8, 4) is 11.5 Å². The first-order chi connectivity index (χ1) is 19.2. The number of carbonyl (C=O) groups excluding carboxylic acids is 1. The molecular formula is C33H49FN2O4. The summed E-state index contributed by atoms with van der Waals surface area (Å²) in [6.45, 7) is 8.87. The van der Waals surface area contributed by atoms with E-state index < -0.39 is 5.60 Å². The van der Waals surface area contributed by atoms with Crippen molar-refractivity contribution < 1.29 is 23.8 Å². The predicted octanol–water partition coefficient (Wildman–Crippen LogP) is 6.44. The minimum absolute atomic E-state index is 0.139. The number of carbonyl (C=O) groups is 1. The molecule has 0 unspecified atom stereocenters. The second-order valence-electron chi connectivity index (χ2n) is 11.8. The van der Waals surface area contributed by atoms with Crippen LogP contribution in [0.3, 0.4) is 0 Å². The van der Waals surface area contributed by atoms with Gasteiger partial charge in [0.05, 0.1) is 5.60 Å². The third kappa shape index (κ3) is 8.76. The van der Waals surface area contributed by atoms with Crippen molar-refractivity contribution in [3.05, 3.63) is 59.4 Å². The molecule has 0 saturated carbocycles. The highest BCUT2D eigenvalue weighted by molar-refractivity contribution is 5.76. The summed E-state index contributed by atoms with van der Waals surface area (Å²) in [5.41, 5.74) is 0.202. The van der Waals surface area contributed by atoms with Crippen LogP contribution in [0.5, 0.6) is 11.5 Å². The van der Waals surface area contributed by atoms with Crippen LogP contribution >= 0.6 is 0 Å². The average Bonchev–Trinajstić information content (AvgIpc) is 2.92. The maximum Gasteiger partial charge on any atom is 0.222 e. The number of unbranched alkanes of at least 4 members (excludes halogenated alkanes) is 1. The lowest BCUT2D eigenvalue weighted by Crippen LogP contribution is -2.48. The average molecular weight is 557 g/mol. The van der Waals surface area contributed by atoms with E-state index in [-0.39, 0.29) is 17.6 Å². The van der Waals surface area contributed by atoms with E-state index in [9.17, 15) is 14.3 Å². The Morgan fingerprint density at radius 3 is 2.67 bits per heavy atom. The zero-order valence-corrected chi connectivity index (χ0v) is 25.0. The number of nitrogens with one attached hydrogen (secondary N) is 1. The van der Waals surface area contributed by atoms with Gasteiger partial charge >= 0.3 is 0 Å². The number of para-hydroxylation sites is 1. The molecule has 6 nitrogen and oxygen atoms in total. The Morgan fingerprint density at radius 2 is 1.98 bits per heavy atom. The number of benzene rings is 2. The van der Waals surface area contributed by atoms with E-state index in [0.29, 0.717) is 60.5 Å². The van der Waals surface area contributed by atoms with Crippen molar-refractivity contribution in [3.63, 3.8) is 0 Å². The molecule has 0 aliphatic carbocycles. The van der Waals surface area contributed by atoms with Crippen LogP contribution < -0.4 is 10.1 Å². The number of ether oxygens (including phenoxy) is 2. The molecule has 2 N–H and O–H groups in total. The summed E-state index contributed by atoms with van der Waals surface area (Å²) >= 11 is 0. The van der Waals surface area contributed by atoms with Crippen LogP contribution in [0, 0.1) is 30.5 Å². The first kappa shape index (κ1) is 32.0. The summed E-state index contributed by atoms with van der Waals surface area (Å²) in [6.07, 6.45) is 5.31. The molecule has 0 radical (unpaired) electrons. The molecule has 40 heavy (non-hydrogen) atoms. The third-order valence-electron chi connectivity index (χ3n) is 8.08. The molecule has 1 aliphatic heterocycles. The normalized spacial score (nSPS) is 18.0. The summed E-state index contributed by atoms with van der Waals surface area (Å²) < 4.78 is 25.3. The highest BCUT2D eigenvalue weighted by atomic mass is 19.1. The highest BCUT2D eigenvalue weighted by Gasteiger charge is 2.43. The second-order valence-corrected chi connectivity index (χ2v) is 11.8. The van der Waals surface area contributed by atoms with Crippen LogP contribution in [0.15, 0.2) is 42.5 Å². The molecule has 3 rings (SSSR count). The number of piperidine rings is 1. The number of amides is 1. The standard InChI is InChI=1S/C33H49FN2O4/c1-24(2)19-26(22-35-4)21-32(37)36-17-10-11-27(23-36)33(38,16-8-9-18-39-5)29-12-6-7-13-31(29)40-30-15-14-28(34)20-25(30)3/h6-7,12-15,20,24,26-27,35,38H,8-11,16-19,21-23H2,1-5H3/t26-,27-,33+/m1/s1. The van der Waals surface area contributed by atoms with Gasteiger partial charge in [-0.1, -0.05) is 32.0 Å². The van der Waals surface area contributed by atoms with E-state index >= 15 is 0 Å². The van der Waals surface area contributed by atoms with Crippen molar-refractivity contribution in [1.82, 2.24) is 10.2 Å². The van der Waals surface area contributed by atoms with E-state index in [1.807, 2.05) is 43.1 Å². The summed E-state index contributed by atoms with van der Waals surface area (Å²) in [7, 11) is 3.62. The Labute approximate surface area is 240 Å². The molecular weight excluding hydrogens is 507 g/mol. The number of hydrogen-bond donors (Lipinski definition) is 2. The molecule has 0 aromatic heterocycles. The molecule has 1 heterocycles. The molecule has 1 fully saturated rings. The van der Waals surface area contributed by atoms with Gasteiger partial charge in [-0.25, -0.2) is 4.39 Å². The Hall–Kier alpha value is -2.48. The van der Waals surface area contributed by atoms with Crippen molar-refractivity contribution in [2.24, 2.45) is 17.8 Å². The first-order valence-corrected chi connectivity index (χ1v) is 14.8. The van der Waals surface area contributed by atoms with Gasteiger partial charge in [0.25, 0.3) is 0 Å². The second kappa shape index (κ2) is 15.5. The number of nitrogens with zero attached hydrogens (tertiary/aromatic N) is 1. The molecule has 1 amide bonds. The van der Waals surface area contributed by atoms with Crippen LogP contribution in [0.4, 0.5) is 4.39 Å². The molecule has 0 bridgehead atoms. The smallest absolute Gasteiger partial charge is 0.222 e. The zero-order chi connectivity index (χ0) is 29.1. The molecule has 1 saturated heterocycles. The summed E-state index contributed by atoms with van der Waals surface area (Å²) in [5, 5.41) is 15.8. The van der Waals surface area contributed by atoms with Gasteiger partial charge in [0.2, 0.25) is 5.91 Å². The topological polar surface area (TPSA) is 71.0 Å². The number of hydrogen-bond acceptors (Lipinski definition) is 5. The molecule has 2 aromatic carbocycles. The van der Waals surface area contributed by atoms with Gasteiger partial charge in [0, 0.05) is 44.7 Å². The fraction of sp³-hybridized carbons (Fsp3) is 0.606. The van der Waals surface area contributed by atoms with Gasteiger partial charge in [0.15, 0.2) is 0 Å². The SMILES string of the molecule is CNC[C@@H](CC(=O)N1CCC[C@@H]([C@@](O)(CCCCOC)c2ccccc2Oc2ccc(F)cc2C)C1)CC(C)C. The number of likely N-dealkylation sites (tertiary alicyclic amines) is 1. The molecule has 222 valence electrons. The molecule has 1 aliphatic rings. The predicted molar refractivity (Wildman–Crippen MR) is 158 cm³/mol. The highest BCUT2D eigenvalue weighted by Crippen LogP contribution is 2.44. The van der Waals surface area contributed by atoms with Crippen molar-refractivity contribution in [1.29, 1.82) is 0 Å². The minimum Gasteiger partial charge on any atom is -0.457 e. The Kier molecular flexibility index (Phi) is 12.4. The molecule has 2 aromatic rings. The van der Waals surface area contributed by atoms with Gasteiger partial charge in [-0.2, -0.15) is 0 Å². The van der Waals surface area contributed by atoms with E-state index in [1.165, 1.54) is 12.1 Å². The molecule has 0 spiro atoms. The quantitative estimate of drug-likeness (QED) is 0.247. The Bertz CT molecular complexity index is 1080.